The Morgan fingerprint density at radius 1 is 1.16 bits per heavy atom. The van der Waals surface area contributed by atoms with E-state index in [-0.39, 0.29) is 0 Å². The van der Waals surface area contributed by atoms with E-state index in [9.17, 15) is 0 Å². The van der Waals surface area contributed by atoms with Gasteiger partial charge in [0.15, 0.2) is 0 Å². The van der Waals surface area contributed by atoms with Crippen LogP contribution in [0.15, 0.2) is 6.33 Å². The van der Waals surface area contributed by atoms with Crippen LogP contribution < -0.4 is 5.32 Å². The second-order valence-electron chi connectivity index (χ2n) is 8.04. The Hall–Kier alpha value is -1.20. The van der Waals surface area contributed by atoms with Crippen molar-refractivity contribution in [2.75, 3.05) is 19.4 Å². The van der Waals surface area contributed by atoms with Crippen molar-refractivity contribution in [3.63, 3.8) is 0 Å². The number of nitrogens with one attached hydrogen (secondary N) is 1. The zero-order valence-electron chi connectivity index (χ0n) is 15.7. The van der Waals surface area contributed by atoms with E-state index < -0.39 is 0 Å². The van der Waals surface area contributed by atoms with Crippen LogP contribution in [0.2, 0.25) is 0 Å². The molecule has 2 aliphatic carbocycles. The van der Waals surface area contributed by atoms with E-state index in [0.29, 0.717) is 6.04 Å². The summed E-state index contributed by atoms with van der Waals surface area (Å²) >= 11 is 1.90. The number of thiophene rings is 1. The molecule has 25 heavy (non-hydrogen) atoms. The average molecular weight is 359 g/mol. The molecule has 4 rings (SSSR count). The van der Waals surface area contributed by atoms with Gasteiger partial charge in [-0.05, 0) is 70.5 Å². The molecule has 1 atom stereocenters. The summed E-state index contributed by atoms with van der Waals surface area (Å²) in [6.45, 7) is 2.32. The van der Waals surface area contributed by atoms with Gasteiger partial charge in [0.25, 0.3) is 0 Å². The van der Waals surface area contributed by atoms with Gasteiger partial charge in [0, 0.05) is 17.0 Å². The lowest BCUT2D eigenvalue weighted by atomic mass is 9.86. The Kier molecular flexibility index (Phi) is 4.96. The van der Waals surface area contributed by atoms with Crippen LogP contribution in [0.4, 0.5) is 5.82 Å². The zero-order valence-corrected chi connectivity index (χ0v) is 16.5. The van der Waals surface area contributed by atoms with Gasteiger partial charge in [0.1, 0.15) is 17.0 Å². The molecule has 0 amide bonds. The fraction of sp³-hybridized carbons (Fsp3) is 0.700. The smallest absolute Gasteiger partial charge is 0.138 e. The van der Waals surface area contributed by atoms with Crippen molar-refractivity contribution < 1.29 is 0 Å². The van der Waals surface area contributed by atoms with Gasteiger partial charge < -0.3 is 10.2 Å². The topological polar surface area (TPSA) is 41.1 Å². The van der Waals surface area contributed by atoms with E-state index >= 15 is 0 Å². The van der Waals surface area contributed by atoms with Gasteiger partial charge in [-0.1, -0.05) is 13.3 Å². The van der Waals surface area contributed by atoms with Crippen molar-refractivity contribution >= 4 is 27.4 Å². The Morgan fingerprint density at radius 2 is 1.96 bits per heavy atom. The number of fused-ring (bicyclic) bond motifs is 3. The monoisotopic (exact) mass is 358 g/mol. The van der Waals surface area contributed by atoms with E-state index in [2.05, 4.69) is 41.2 Å². The second-order valence-corrected chi connectivity index (χ2v) is 9.12. The Balaban J connectivity index is 1.56. The van der Waals surface area contributed by atoms with E-state index in [1.807, 2.05) is 11.3 Å². The van der Waals surface area contributed by atoms with E-state index in [0.717, 1.165) is 17.8 Å². The maximum atomic E-state index is 4.65. The van der Waals surface area contributed by atoms with Crippen LogP contribution in [0.25, 0.3) is 10.2 Å². The van der Waals surface area contributed by atoms with Crippen LogP contribution in [-0.4, -0.2) is 41.0 Å². The van der Waals surface area contributed by atoms with Crippen LogP contribution >= 0.6 is 11.3 Å². The molecular formula is C20H30N4S. The molecule has 1 N–H and O–H groups in total. The molecule has 1 unspecified atom stereocenters. The lowest BCUT2D eigenvalue weighted by Crippen LogP contribution is -2.36. The SMILES string of the molecule is CCC1CCc2c(sc3ncnc(NC4CCC(N(C)C)CC4)c23)C1. The highest BCUT2D eigenvalue weighted by Crippen LogP contribution is 2.40. The largest absolute Gasteiger partial charge is 0.367 e. The molecule has 0 aromatic carbocycles. The van der Waals surface area contributed by atoms with Crippen molar-refractivity contribution in [3.8, 4) is 0 Å². The number of hydrogen-bond donors (Lipinski definition) is 1. The van der Waals surface area contributed by atoms with E-state index in [1.54, 1.807) is 11.2 Å². The van der Waals surface area contributed by atoms with Gasteiger partial charge in [0.2, 0.25) is 0 Å². The standard InChI is InChI=1S/C20H30N4S/c1-4-13-5-10-16-17(11-13)25-20-18(16)19(21-12-22-20)23-14-6-8-15(9-7-14)24(2)3/h12-15H,4-11H2,1-3H3,(H,21,22,23). The highest BCUT2D eigenvalue weighted by atomic mass is 32.1. The third kappa shape index (κ3) is 3.41. The number of aromatic nitrogens is 2. The fourth-order valence-electron chi connectivity index (χ4n) is 4.57. The zero-order chi connectivity index (χ0) is 17.4. The van der Waals surface area contributed by atoms with Crippen LogP contribution in [0.1, 0.15) is 55.9 Å². The summed E-state index contributed by atoms with van der Waals surface area (Å²) < 4.78 is 0. The summed E-state index contributed by atoms with van der Waals surface area (Å²) in [5.41, 5.74) is 1.54. The van der Waals surface area contributed by atoms with Crippen molar-refractivity contribution in [1.29, 1.82) is 0 Å². The molecule has 2 aliphatic rings. The maximum Gasteiger partial charge on any atom is 0.138 e. The molecule has 2 heterocycles. The summed E-state index contributed by atoms with van der Waals surface area (Å²) in [7, 11) is 4.40. The normalized spacial score (nSPS) is 26.8. The van der Waals surface area contributed by atoms with Crippen LogP contribution in [0, 0.1) is 5.92 Å². The lowest BCUT2D eigenvalue weighted by Gasteiger charge is -2.33. The third-order valence-corrected chi connectivity index (χ3v) is 7.45. The van der Waals surface area contributed by atoms with E-state index in [1.165, 1.54) is 67.1 Å². The Labute approximate surface area is 155 Å². The van der Waals surface area contributed by atoms with Gasteiger partial charge in [-0.25, -0.2) is 9.97 Å². The molecular weight excluding hydrogens is 328 g/mol. The van der Waals surface area contributed by atoms with Crippen molar-refractivity contribution in [3.05, 3.63) is 16.8 Å². The summed E-state index contributed by atoms with van der Waals surface area (Å²) in [5.74, 6) is 1.94. The molecule has 5 heteroatoms. The summed E-state index contributed by atoms with van der Waals surface area (Å²) in [5, 5.41) is 5.11. The molecule has 0 radical (unpaired) electrons. The minimum Gasteiger partial charge on any atom is -0.367 e. The van der Waals surface area contributed by atoms with Gasteiger partial charge in [-0.2, -0.15) is 0 Å². The summed E-state index contributed by atoms with van der Waals surface area (Å²) in [4.78, 5) is 14.4. The van der Waals surface area contributed by atoms with Gasteiger partial charge in [0.05, 0.1) is 5.39 Å². The van der Waals surface area contributed by atoms with Gasteiger partial charge in [-0.3, -0.25) is 0 Å². The first-order chi connectivity index (χ1) is 12.2. The molecule has 2 aromatic rings. The van der Waals surface area contributed by atoms with Crippen LogP contribution in [-0.2, 0) is 12.8 Å². The van der Waals surface area contributed by atoms with Gasteiger partial charge >= 0.3 is 0 Å². The Bertz CT molecular complexity index is 731. The fourth-order valence-corrected chi connectivity index (χ4v) is 5.87. The van der Waals surface area contributed by atoms with Crippen molar-refractivity contribution in [2.24, 2.45) is 5.92 Å². The molecule has 1 fully saturated rings. The molecule has 136 valence electrons. The van der Waals surface area contributed by atoms with Crippen LogP contribution in [0.3, 0.4) is 0 Å². The van der Waals surface area contributed by atoms with Gasteiger partial charge in [-0.15, -0.1) is 11.3 Å². The number of rotatable bonds is 4. The first-order valence-electron chi connectivity index (χ1n) is 9.84. The molecule has 1 saturated carbocycles. The van der Waals surface area contributed by atoms with Crippen molar-refractivity contribution in [2.45, 2.75) is 70.4 Å². The number of nitrogens with zero attached hydrogens (tertiary/aromatic N) is 3. The average Bonchev–Trinajstić information content (AvgIpc) is 3.00. The second kappa shape index (κ2) is 7.20. The summed E-state index contributed by atoms with van der Waals surface area (Å²) in [6, 6.07) is 1.29. The minimum atomic E-state index is 0.553. The maximum absolute atomic E-state index is 4.65. The van der Waals surface area contributed by atoms with Crippen LogP contribution in [0.5, 0.6) is 0 Å². The van der Waals surface area contributed by atoms with Crippen molar-refractivity contribution in [1.82, 2.24) is 14.9 Å². The highest BCUT2D eigenvalue weighted by molar-refractivity contribution is 7.19. The molecule has 4 nitrogen and oxygen atoms in total. The quantitative estimate of drug-likeness (QED) is 0.874. The molecule has 0 spiro atoms. The Morgan fingerprint density at radius 3 is 2.68 bits per heavy atom. The first kappa shape index (κ1) is 17.2. The molecule has 0 saturated heterocycles. The third-order valence-electron chi connectivity index (χ3n) is 6.29. The predicted octanol–water partition coefficient (Wildman–Crippen LogP) is 4.49. The molecule has 2 aromatic heterocycles. The van der Waals surface area contributed by atoms with E-state index in [4.69, 9.17) is 0 Å². The first-order valence-corrected chi connectivity index (χ1v) is 10.7. The predicted molar refractivity (Wildman–Crippen MR) is 107 cm³/mol. The molecule has 0 bridgehead atoms. The lowest BCUT2D eigenvalue weighted by molar-refractivity contribution is 0.221. The number of hydrogen-bond acceptors (Lipinski definition) is 5. The minimum absolute atomic E-state index is 0.553. The number of aryl methyl sites for hydroxylation is 1. The molecule has 0 aliphatic heterocycles. The summed E-state index contributed by atoms with van der Waals surface area (Å²) in [6.07, 6.45) is 11.8. The highest BCUT2D eigenvalue weighted by Gasteiger charge is 2.26. The number of anilines is 1.